The quantitative estimate of drug-likeness (QED) is 0.568. The Kier molecular flexibility index (Phi) is 5.52. The van der Waals surface area contributed by atoms with E-state index in [-0.39, 0.29) is 24.0 Å². The van der Waals surface area contributed by atoms with Crippen LogP contribution in [0.4, 0.5) is 0 Å². The van der Waals surface area contributed by atoms with Crippen molar-refractivity contribution in [2.24, 2.45) is 23.7 Å². The number of carbonyl (C=O) groups is 1. The van der Waals surface area contributed by atoms with Crippen molar-refractivity contribution in [3.63, 3.8) is 0 Å². The van der Waals surface area contributed by atoms with Gasteiger partial charge in [-0.05, 0) is 57.3 Å². The van der Waals surface area contributed by atoms with Crippen molar-refractivity contribution in [3.05, 3.63) is 12.2 Å². The van der Waals surface area contributed by atoms with Crippen molar-refractivity contribution in [3.8, 4) is 0 Å². The van der Waals surface area contributed by atoms with Crippen LogP contribution < -0.4 is 0 Å². The van der Waals surface area contributed by atoms with Crippen LogP contribution >= 0.6 is 0 Å². The van der Waals surface area contributed by atoms with Crippen molar-refractivity contribution >= 4 is 5.97 Å². The van der Waals surface area contributed by atoms with Crippen LogP contribution in [-0.4, -0.2) is 45.7 Å². The van der Waals surface area contributed by atoms with Crippen molar-refractivity contribution in [1.82, 2.24) is 0 Å². The van der Waals surface area contributed by atoms with Gasteiger partial charge in [-0.3, -0.25) is 4.79 Å². The number of ether oxygens (including phenoxy) is 2. The molecule has 0 aromatic heterocycles. The first-order chi connectivity index (χ1) is 12.4. The second-order valence-electron chi connectivity index (χ2n) is 9.86. The summed E-state index contributed by atoms with van der Waals surface area (Å²) in [7, 11) is 0. The number of hydrogen-bond acceptors (Lipinski definition) is 5. The van der Waals surface area contributed by atoms with E-state index in [1.165, 1.54) is 12.5 Å². The molecular weight excluding hydrogens is 344 g/mol. The van der Waals surface area contributed by atoms with Gasteiger partial charge in [-0.2, -0.15) is 0 Å². The summed E-state index contributed by atoms with van der Waals surface area (Å²) in [5.41, 5.74) is -1.08. The van der Waals surface area contributed by atoms with Crippen LogP contribution in [0.1, 0.15) is 66.7 Å². The van der Waals surface area contributed by atoms with Gasteiger partial charge in [0.25, 0.3) is 0 Å². The molecule has 27 heavy (non-hydrogen) atoms. The van der Waals surface area contributed by atoms with Crippen LogP contribution in [0.5, 0.6) is 0 Å². The molecule has 0 amide bonds. The van der Waals surface area contributed by atoms with Gasteiger partial charge in [0.1, 0.15) is 11.7 Å². The minimum absolute atomic E-state index is 0.130. The molecule has 2 N–H and O–H groups in total. The highest BCUT2D eigenvalue weighted by Gasteiger charge is 2.59. The molecule has 2 bridgehead atoms. The van der Waals surface area contributed by atoms with Gasteiger partial charge in [0.05, 0.1) is 17.8 Å². The van der Waals surface area contributed by atoms with E-state index in [9.17, 15) is 15.0 Å². The van der Waals surface area contributed by atoms with Gasteiger partial charge in [0.15, 0.2) is 0 Å². The van der Waals surface area contributed by atoms with Gasteiger partial charge in [-0.15, -0.1) is 0 Å². The summed E-state index contributed by atoms with van der Waals surface area (Å²) in [5, 5.41) is 22.5. The first-order valence-electron chi connectivity index (χ1n) is 10.4. The number of carbonyl (C=O) groups excluding carboxylic acids is 1. The Morgan fingerprint density at radius 3 is 2.52 bits per heavy atom. The largest absolute Gasteiger partial charge is 0.460 e. The van der Waals surface area contributed by atoms with Gasteiger partial charge in [0, 0.05) is 19.3 Å². The smallest absolute Gasteiger partial charge is 0.303 e. The van der Waals surface area contributed by atoms with Crippen LogP contribution in [0, 0.1) is 23.7 Å². The highest BCUT2D eigenvalue weighted by molar-refractivity contribution is 5.66. The molecule has 0 radical (unpaired) electrons. The van der Waals surface area contributed by atoms with E-state index in [0.29, 0.717) is 31.1 Å². The normalized spacial score (nSPS) is 47.8. The average Bonchev–Trinajstić information content (AvgIpc) is 2.91. The average molecular weight is 381 g/mol. The summed E-state index contributed by atoms with van der Waals surface area (Å²) in [6.45, 7) is 13.7. The van der Waals surface area contributed by atoms with Crippen molar-refractivity contribution in [2.75, 3.05) is 0 Å². The number of esters is 1. The second kappa shape index (κ2) is 7.16. The monoisotopic (exact) mass is 380 g/mol. The van der Waals surface area contributed by atoms with Crippen molar-refractivity contribution < 1.29 is 24.5 Å². The minimum atomic E-state index is -1.21. The molecule has 5 nitrogen and oxygen atoms in total. The molecule has 0 aromatic rings. The molecule has 2 aliphatic heterocycles. The third-order valence-corrected chi connectivity index (χ3v) is 7.25. The molecule has 1 saturated carbocycles. The lowest BCUT2D eigenvalue weighted by molar-refractivity contribution is -0.165. The summed E-state index contributed by atoms with van der Waals surface area (Å²) in [6, 6.07) is 0. The third kappa shape index (κ3) is 3.83. The third-order valence-electron chi connectivity index (χ3n) is 7.25. The van der Waals surface area contributed by atoms with E-state index in [1.807, 2.05) is 6.92 Å². The predicted octanol–water partition coefficient (Wildman–Crippen LogP) is 3.23. The lowest BCUT2D eigenvalue weighted by Crippen LogP contribution is -2.50. The Morgan fingerprint density at radius 2 is 1.93 bits per heavy atom. The molecule has 154 valence electrons. The minimum Gasteiger partial charge on any atom is -0.460 e. The van der Waals surface area contributed by atoms with Gasteiger partial charge >= 0.3 is 5.97 Å². The van der Waals surface area contributed by atoms with Crippen LogP contribution in [-0.2, 0) is 14.3 Å². The molecule has 3 fully saturated rings. The zero-order valence-corrected chi connectivity index (χ0v) is 17.4. The number of aliphatic hydroxyl groups is 2. The van der Waals surface area contributed by atoms with Gasteiger partial charge in [-0.1, -0.05) is 26.0 Å². The molecule has 2 saturated heterocycles. The zero-order chi connectivity index (χ0) is 20.1. The number of fused-ring (bicyclic) bond motifs is 5. The second-order valence-corrected chi connectivity index (χ2v) is 9.86. The van der Waals surface area contributed by atoms with Gasteiger partial charge in [0.2, 0.25) is 0 Å². The number of hydrogen-bond donors (Lipinski definition) is 2. The maximum Gasteiger partial charge on any atom is 0.303 e. The molecule has 3 rings (SSSR count). The van der Waals surface area contributed by atoms with E-state index >= 15 is 0 Å². The first-order valence-corrected chi connectivity index (χ1v) is 10.4. The fourth-order valence-electron chi connectivity index (χ4n) is 5.85. The fraction of sp³-hybridized carbons (Fsp3) is 0.864. The summed E-state index contributed by atoms with van der Waals surface area (Å²) in [4.78, 5) is 11.6. The van der Waals surface area contributed by atoms with Gasteiger partial charge in [-0.25, -0.2) is 0 Å². The van der Waals surface area contributed by atoms with Gasteiger partial charge < -0.3 is 19.7 Å². The SMILES string of the molecule is C=C1CC[C@H](C(C)C)C2C1[C@H]1C[C@](C)(O)[C@@H](OC(C)=O)CC[C@@](C)(O)[C@@H]2O1. The highest BCUT2D eigenvalue weighted by atomic mass is 16.6. The first kappa shape index (κ1) is 20.8. The predicted molar refractivity (Wildman–Crippen MR) is 103 cm³/mol. The molecule has 5 heteroatoms. The Balaban J connectivity index is 2.00. The molecular formula is C22H36O5. The summed E-state index contributed by atoms with van der Waals surface area (Å²) in [5.74, 6) is 0.904. The van der Waals surface area contributed by atoms with Crippen LogP contribution in [0.3, 0.4) is 0 Å². The number of rotatable bonds is 2. The summed E-state index contributed by atoms with van der Waals surface area (Å²) >= 11 is 0. The molecule has 0 aromatic carbocycles. The zero-order valence-electron chi connectivity index (χ0n) is 17.4. The maximum atomic E-state index is 11.6. The summed E-state index contributed by atoms with van der Waals surface area (Å²) < 4.78 is 11.9. The molecule has 2 heterocycles. The van der Waals surface area contributed by atoms with Crippen LogP contribution in [0.25, 0.3) is 0 Å². The topological polar surface area (TPSA) is 76.0 Å². The van der Waals surface area contributed by atoms with E-state index in [2.05, 4.69) is 20.4 Å². The Labute approximate surface area is 163 Å². The highest BCUT2D eigenvalue weighted by Crippen LogP contribution is 2.55. The van der Waals surface area contributed by atoms with E-state index in [0.717, 1.165) is 12.8 Å². The van der Waals surface area contributed by atoms with Crippen molar-refractivity contribution in [2.45, 2.75) is 96.2 Å². The molecule has 2 unspecified atom stereocenters. The van der Waals surface area contributed by atoms with E-state index in [4.69, 9.17) is 9.47 Å². The molecule has 0 spiro atoms. The lowest BCUT2D eigenvalue weighted by atomic mass is 9.60. The van der Waals surface area contributed by atoms with E-state index < -0.39 is 23.3 Å². The molecule has 3 aliphatic rings. The molecule has 8 atom stereocenters. The Morgan fingerprint density at radius 1 is 1.26 bits per heavy atom. The Hall–Kier alpha value is -0.910. The maximum absolute atomic E-state index is 11.6. The van der Waals surface area contributed by atoms with Crippen molar-refractivity contribution in [1.29, 1.82) is 0 Å². The van der Waals surface area contributed by atoms with E-state index in [1.54, 1.807) is 6.92 Å². The summed E-state index contributed by atoms with van der Waals surface area (Å²) in [6.07, 6.45) is 2.09. The van der Waals surface area contributed by atoms with Crippen LogP contribution in [0.2, 0.25) is 0 Å². The molecule has 1 aliphatic carbocycles. The Bertz CT molecular complexity index is 594. The van der Waals surface area contributed by atoms with Crippen LogP contribution in [0.15, 0.2) is 12.2 Å². The standard InChI is InChI=1S/C22H36O5/c1-12(2)15-8-7-13(3)18-16-11-22(6,25)17(26-14(4)23)9-10-21(5,24)20(27-16)19(15)18/h12,15-20,24-25H,3,7-11H2,1-2,4-6H3/t15-,16-,17+,18?,19?,20-,21-,22+/m1/s1. The fourth-order valence-corrected chi connectivity index (χ4v) is 5.85. The lowest BCUT2D eigenvalue weighted by Gasteiger charge is -2.45.